The van der Waals surface area contributed by atoms with Gasteiger partial charge >= 0.3 is 5.97 Å². The van der Waals surface area contributed by atoms with Gasteiger partial charge in [0.2, 0.25) is 5.91 Å². The predicted molar refractivity (Wildman–Crippen MR) is 139 cm³/mol. The summed E-state index contributed by atoms with van der Waals surface area (Å²) in [5.74, 6) is -1.92. The van der Waals surface area contributed by atoms with Crippen LogP contribution in [0, 0.1) is 11.8 Å². The van der Waals surface area contributed by atoms with Crippen molar-refractivity contribution in [1.82, 2.24) is 4.90 Å². The number of rotatable bonds is 8. The molecule has 4 heterocycles. The summed E-state index contributed by atoms with van der Waals surface area (Å²) in [4.78, 5) is 44.9. The van der Waals surface area contributed by atoms with Crippen LogP contribution in [0.3, 0.4) is 0 Å². The van der Waals surface area contributed by atoms with Gasteiger partial charge in [0.25, 0.3) is 5.91 Å². The van der Waals surface area contributed by atoms with Crippen LogP contribution < -0.4 is 9.64 Å². The standard InChI is InChI=1S/C29H36N2O7/c1-36-21-13-11-20(12-14-21)30-17-9-15-29-24(23-22(38-29)10-5-4-8-19-37-28(23)35)26(33)31(25(29)27(30)34)16-6-2-3-7-18-32/h5,9-15,22-25,32H,2-4,6-8,16-19H2,1H3/b10-5-/t22-,23+,24+,25?,29+/m1/s1. The number of ether oxygens (including phenoxy) is 3. The number of fused-ring (bicyclic) bond motifs is 2. The number of hydrogen-bond acceptors (Lipinski definition) is 7. The average Bonchev–Trinajstić information content (AvgIpc) is 3.33. The Hall–Kier alpha value is -3.17. The number of carbonyl (C=O) groups excluding carboxylic acids is 3. The molecule has 2 amide bonds. The first-order valence-corrected chi connectivity index (χ1v) is 13.6. The Morgan fingerprint density at radius 3 is 2.61 bits per heavy atom. The largest absolute Gasteiger partial charge is 0.497 e. The molecule has 1 aromatic carbocycles. The molecule has 9 heteroatoms. The zero-order valence-corrected chi connectivity index (χ0v) is 21.8. The number of hydrogen-bond donors (Lipinski definition) is 1. The number of esters is 1. The number of unbranched alkanes of at least 4 members (excludes halogenated alkanes) is 3. The third-order valence-electron chi connectivity index (χ3n) is 8.04. The van der Waals surface area contributed by atoms with Crippen molar-refractivity contribution in [2.45, 2.75) is 56.3 Å². The fourth-order valence-corrected chi connectivity index (χ4v) is 6.23. The van der Waals surface area contributed by atoms with Gasteiger partial charge in [0, 0.05) is 25.4 Å². The highest BCUT2D eigenvalue weighted by atomic mass is 16.6. The maximum atomic E-state index is 14.3. The maximum Gasteiger partial charge on any atom is 0.312 e. The molecule has 204 valence electrons. The number of methoxy groups -OCH3 is 1. The van der Waals surface area contributed by atoms with E-state index < -0.39 is 35.6 Å². The fourth-order valence-electron chi connectivity index (χ4n) is 6.23. The number of aliphatic hydroxyl groups excluding tert-OH is 1. The maximum absolute atomic E-state index is 14.3. The lowest BCUT2D eigenvalue weighted by Gasteiger charge is -2.35. The lowest BCUT2D eigenvalue weighted by Crippen LogP contribution is -2.55. The topological polar surface area (TPSA) is 106 Å². The summed E-state index contributed by atoms with van der Waals surface area (Å²) in [6.07, 6.45) is 11.4. The molecule has 5 rings (SSSR count). The molecule has 1 unspecified atom stereocenters. The zero-order valence-electron chi connectivity index (χ0n) is 21.8. The van der Waals surface area contributed by atoms with Crippen LogP contribution in [0.5, 0.6) is 5.75 Å². The molecular formula is C29H36N2O7. The highest BCUT2D eigenvalue weighted by Crippen LogP contribution is 2.53. The van der Waals surface area contributed by atoms with Gasteiger partial charge < -0.3 is 29.1 Å². The number of anilines is 1. The van der Waals surface area contributed by atoms with Crippen LogP contribution in [0.4, 0.5) is 5.69 Å². The van der Waals surface area contributed by atoms with E-state index >= 15 is 0 Å². The highest BCUT2D eigenvalue weighted by Gasteiger charge is 2.71. The summed E-state index contributed by atoms with van der Waals surface area (Å²) in [5.41, 5.74) is -0.575. The van der Waals surface area contributed by atoms with E-state index in [1.807, 2.05) is 36.4 Å². The molecule has 1 spiro atoms. The van der Waals surface area contributed by atoms with E-state index in [1.165, 1.54) is 0 Å². The smallest absolute Gasteiger partial charge is 0.312 e. The van der Waals surface area contributed by atoms with Crippen molar-refractivity contribution in [1.29, 1.82) is 0 Å². The summed E-state index contributed by atoms with van der Waals surface area (Å²) < 4.78 is 17.5. The zero-order chi connectivity index (χ0) is 26.7. The SMILES string of the molecule is COc1ccc(N2CC=C[C@]34O[C@@H]5/C=C\CCCOC(=O)[C@@H]5[C@H]3C(=O)N(CCCCCCO)C4C2=O)cc1. The number of allylic oxidation sites excluding steroid dienone is 1. The van der Waals surface area contributed by atoms with Crippen LogP contribution in [-0.2, 0) is 23.9 Å². The molecule has 1 N–H and O–H groups in total. The molecule has 0 aliphatic carbocycles. The Labute approximate surface area is 223 Å². The minimum Gasteiger partial charge on any atom is -0.497 e. The molecule has 4 aliphatic heterocycles. The lowest BCUT2D eigenvalue weighted by atomic mass is 9.78. The van der Waals surface area contributed by atoms with Crippen LogP contribution in [0.2, 0.25) is 0 Å². The molecule has 0 aromatic heterocycles. The number of aliphatic hydroxyl groups is 1. The summed E-state index contributed by atoms with van der Waals surface area (Å²) in [7, 11) is 1.59. The molecule has 4 aliphatic rings. The van der Waals surface area contributed by atoms with Crippen molar-refractivity contribution in [3.05, 3.63) is 48.6 Å². The number of likely N-dealkylation sites (tertiary alicyclic amines) is 1. The van der Waals surface area contributed by atoms with Crippen LogP contribution in [0.15, 0.2) is 48.6 Å². The normalized spacial score (nSPS) is 31.5. The Morgan fingerprint density at radius 2 is 1.84 bits per heavy atom. The van der Waals surface area contributed by atoms with Crippen LogP contribution in [0.1, 0.15) is 38.5 Å². The molecule has 1 aromatic rings. The van der Waals surface area contributed by atoms with Crippen LogP contribution >= 0.6 is 0 Å². The lowest BCUT2D eigenvalue weighted by molar-refractivity contribution is -0.154. The van der Waals surface area contributed by atoms with Gasteiger partial charge in [0.1, 0.15) is 23.3 Å². The number of carbonyl (C=O) groups is 3. The van der Waals surface area contributed by atoms with Crippen molar-refractivity contribution in [3.8, 4) is 5.75 Å². The molecule has 38 heavy (non-hydrogen) atoms. The highest BCUT2D eigenvalue weighted by molar-refractivity contribution is 6.05. The van der Waals surface area contributed by atoms with E-state index in [1.54, 1.807) is 29.0 Å². The Balaban J connectivity index is 1.52. The Morgan fingerprint density at radius 1 is 1.05 bits per heavy atom. The number of nitrogens with zero attached hydrogens (tertiary/aromatic N) is 2. The predicted octanol–water partition coefficient (Wildman–Crippen LogP) is 2.62. The molecule has 0 bridgehead atoms. The minimum absolute atomic E-state index is 0.128. The van der Waals surface area contributed by atoms with Gasteiger partial charge in [-0.15, -0.1) is 0 Å². The molecule has 5 atom stereocenters. The van der Waals surface area contributed by atoms with Gasteiger partial charge in [-0.05, 0) is 49.9 Å². The third kappa shape index (κ3) is 4.62. The summed E-state index contributed by atoms with van der Waals surface area (Å²) in [5, 5.41) is 9.12. The van der Waals surface area contributed by atoms with Gasteiger partial charge in [0.15, 0.2) is 0 Å². The Kier molecular flexibility index (Phi) is 7.85. The monoisotopic (exact) mass is 524 g/mol. The molecule has 0 saturated carbocycles. The summed E-state index contributed by atoms with van der Waals surface area (Å²) >= 11 is 0. The molecule has 9 nitrogen and oxygen atoms in total. The van der Waals surface area contributed by atoms with Crippen molar-refractivity contribution in [2.75, 3.05) is 38.3 Å². The van der Waals surface area contributed by atoms with E-state index in [0.717, 1.165) is 19.3 Å². The van der Waals surface area contributed by atoms with Gasteiger partial charge in [-0.2, -0.15) is 0 Å². The van der Waals surface area contributed by atoms with E-state index in [0.29, 0.717) is 50.4 Å². The third-order valence-corrected chi connectivity index (χ3v) is 8.04. The quantitative estimate of drug-likeness (QED) is 0.317. The van der Waals surface area contributed by atoms with Crippen LogP contribution in [0.25, 0.3) is 0 Å². The van der Waals surface area contributed by atoms with Crippen LogP contribution in [-0.4, -0.2) is 79.0 Å². The summed E-state index contributed by atoms with van der Waals surface area (Å²) in [6, 6.07) is 6.33. The molecular weight excluding hydrogens is 488 g/mol. The first-order valence-electron chi connectivity index (χ1n) is 13.6. The van der Waals surface area contributed by atoms with Gasteiger partial charge in [-0.1, -0.05) is 37.1 Å². The second kappa shape index (κ2) is 11.3. The Bertz CT molecular complexity index is 1100. The van der Waals surface area contributed by atoms with E-state index in [4.69, 9.17) is 19.3 Å². The number of cyclic esters (lactones) is 1. The molecule has 2 fully saturated rings. The molecule has 2 saturated heterocycles. The van der Waals surface area contributed by atoms with E-state index in [9.17, 15) is 14.4 Å². The average molecular weight is 525 g/mol. The van der Waals surface area contributed by atoms with Gasteiger partial charge in [-0.3, -0.25) is 14.4 Å². The van der Waals surface area contributed by atoms with E-state index in [2.05, 4.69) is 0 Å². The van der Waals surface area contributed by atoms with Gasteiger partial charge in [0.05, 0.1) is 25.7 Å². The second-order valence-corrected chi connectivity index (χ2v) is 10.3. The molecule has 0 radical (unpaired) electrons. The number of amides is 2. The summed E-state index contributed by atoms with van der Waals surface area (Å²) in [6.45, 7) is 1.10. The first-order chi connectivity index (χ1) is 18.5. The van der Waals surface area contributed by atoms with Gasteiger partial charge in [-0.25, -0.2) is 0 Å². The van der Waals surface area contributed by atoms with Crippen molar-refractivity contribution >= 4 is 23.5 Å². The first kappa shape index (κ1) is 26.4. The fraction of sp³-hybridized carbons (Fsp3) is 0.552. The number of benzene rings is 1. The van der Waals surface area contributed by atoms with Crippen molar-refractivity contribution < 1.29 is 33.7 Å². The van der Waals surface area contributed by atoms with Crippen molar-refractivity contribution in [3.63, 3.8) is 0 Å². The van der Waals surface area contributed by atoms with Crippen molar-refractivity contribution in [2.24, 2.45) is 11.8 Å². The minimum atomic E-state index is -1.27. The van der Waals surface area contributed by atoms with E-state index in [-0.39, 0.29) is 18.4 Å². The second-order valence-electron chi connectivity index (χ2n) is 10.3.